The van der Waals surface area contributed by atoms with Crippen molar-refractivity contribution >= 4 is 11.8 Å². The predicted octanol–water partition coefficient (Wildman–Crippen LogP) is 0.623. The highest BCUT2D eigenvalue weighted by Gasteiger charge is 2.35. The van der Waals surface area contributed by atoms with E-state index < -0.39 is 0 Å². The molecule has 0 bridgehead atoms. The Morgan fingerprint density at radius 2 is 1.88 bits per heavy atom. The van der Waals surface area contributed by atoms with E-state index in [2.05, 4.69) is 18.7 Å². The van der Waals surface area contributed by atoms with Gasteiger partial charge in [-0.2, -0.15) is 0 Å². The molecule has 0 aromatic carbocycles. The SMILES string of the molecule is CC1(C)CN(CC(=O)N2CCN(C(=O)c3ccco3)CC2)CCC1N. The van der Waals surface area contributed by atoms with Crippen LogP contribution in [0.3, 0.4) is 0 Å². The summed E-state index contributed by atoms with van der Waals surface area (Å²) < 4.78 is 5.16. The van der Waals surface area contributed by atoms with Gasteiger partial charge in [0, 0.05) is 45.3 Å². The minimum absolute atomic E-state index is 0.0344. The zero-order valence-electron chi connectivity index (χ0n) is 15.1. The third kappa shape index (κ3) is 4.04. The number of likely N-dealkylation sites (tertiary alicyclic amines) is 1. The van der Waals surface area contributed by atoms with Gasteiger partial charge in [-0.1, -0.05) is 13.8 Å². The minimum Gasteiger partial charge on any atom is -0.459 e. The molecule has 1 aromatic rings. The number of hydrogen-bond acceptors (Lipinski definition) is 5. The lowest BCUT2D eigenvalue weighted by atomic mass is 9.80. The van der Waals surface area contributed by atoms with Crippen LogP contribution >= 0.6 is 0 Å². The maximum atomic E-state index is 12.6. The lowest BCUT2D eigenvalue weighted by Gasteiger charge is -2.43. The number of rotatable bonds is 3. The Bertz CT molecular complexity index is 606. The Hall–Kier alpha value is -1.86. The average Bonchev–Trinajstić information content (AvgIpc) is 3.12. The van der Waals surface area contributed by atoms with Gasteiger partial charge < -0.3 is 20.0 Å². The van der Waals surface area contributed by atoms with Crippen molar-refractivity contribution in [3.8, 4) is 0 Å². The van der Waals surface area contributed by atoms with Crippen LogP contribution in [0.2, 0.25) is 0 Å². The number of furan rings is 1. The molecule has 138 valence electrons. The molecule has 2 saturated heterocycles. The molecule has 7 nitrogen and oxygen atoms in total. The second-order valence-corrected chi connectivity index (χ2v) is 7.74. The first kappa shape index (κ1) is 17.9. The van der Waals surface area contributed by atoms with Gasteiger partial charge in [0.15, 0.2) is 5.76 Å². The predicted molar refractivity (Wildman–Crippen MR) is 94.0 cm³/mol. The summed E-state index contributed by atoms with van der Waals surface area (Å²) in [7, 11) is 0. The molecular weight excluding hydrogens is 320 g/mol. The normalized spacial score (nSPS) is 24.4. The summed E-state index contributed by atoms with van der Waals surface area (Å²) in [6.45, 7) is 8.69. The highest BCUT2D eigenvalue weighted by molar-refractivity contribution is 5.91. The fourth-order valence-electron chi connectivity index (χ4n) is 3.63. The smallest absolute Gasteiger partial charge is 0.289 e. The van der Waals surface area contributed by atoms with Gasteiger partial charge in [-0.25, -0.2) is 0 Å². The van der Waals surface area contributed by atoms with Crippen LogP contribution in [0.15, 0.2) is 22.8 Å². The largest absolute Gasteiger partial charge is 0.459 e. The van der Waals surface area contributed by atoms with Crippen LogP contribution in [0.4, 0.5) is 0 Å². The highest BCUT2D eigenvalue weighted by atomic mass is 16.3. The summed E-state index contributed by atoms with van der Waals surface area (Å²) in [6, 6.07) is 3.57. The third-order valence-electron chi connectivity index (χ3n) is 5.40. The molecule has 1 aromatic heterocycles. The van der Waals surface area contributed by atoms with Gasteiger partial charge in [-0.3, -0.25) is 14.5 Å². The van der Waals surface area contributed by atoms with Gasteiger partial charge in [-0.15, -0.1) is 0 Å². The van der Waals surface area contributed by atoms with Gasteiger partial charge in [0.1, 0.15) is 0 Å². The maximum Gasteiger partial charge on any atom is 0.289 e. The number of hydrogen-bond donors (Lipinski definition) is 1. The maximum absolute atomic E-state index is 12.6. The van der Waals surface area contributed by atoms with Crippen LogP contribution < -0.4 is 5.73 Å². The van der Waals surface area contributed by atoms with E-state index in [-0.39, 0.29) is 23.3 Å². The molecule has 0 radical (unpaired) electrons. The molecule has 2 N–H and O–H groups in total. The van der Waals surface area contributed by atoms with Crippen molar-refractivity contribution in [3.05, 3.63) is 24.2 Å². The lowest BCUT2D eigenvalue weighted by Crippen LogP contribution is -2.56. The average molecular weight is 348 g/mol. The van der Waals surface area contributed by atoms with E-state index >= 15 is 0 Å². The number of piperidine rings is 1. The van der Waals surface area contributed by atoms with Crippen LogP contribution in [0, 0.1) is 5.41 Å². The van der Waals surface area contributed by atoms with E-state index in [0.29, 0.717) is 38.5 Å². The molecule has 7 heteroatoms. The van der Waals surface area contributed by atoms with Crippen molar-refractivity contribution in [3.63, 3.8) is 0 Å². The number of piperazine rings is 1. The number of carbonyl (C=O) groups excluding carboxylic acids is 2. The topological polar surface area (TPSA) is 83.0 Å². The molecule has 1 unspecified atom stereocenters. The van der Waals surface area contributed by atoms with Crippen LogP contribution in [0.25, 0.3) is 0 Å². The number of nitrogens with zero attached hydrogens (tertiary/aromatic N) is 3. The first-order valence-electron chi connectivity index (χ1n) is 8.95. The first-order chi connectivity index (χ1) is 11.9. The molecule has 0 saturated carbocycles. The fourth-order valence-corrected chi connectivity index (χ4v) is 3.63. The summed E-state index contributed by atoms with van der Waals surface area (Å²) >= 11 is 0. The number of carbonyl (C=O) groups is 2. The third-order valence-corrected chi connectivity index (χ3v) is 5.40. The fraction of sp³-hybridized carbons (Fsp3) is 0.667. The Morgan fingerprint density at radius 1 is 1.20 bits per heavy atom. The quantitative estimate of drug-likeness (QED) is 0.866. The van der Waals surface area contributed by atoms with Crippen molar-refractivity contribution in [2.24, 2.45) is 11.1 Å². The van der Waals surface area contributed by atoms with E-state index in [1.165, 1.54) is 6.26 Å². The van der Waals surface area contributed by atoms with Crippen molar-refractivity contribution < 1.29 is 14.0 Å². The highest BCUT2D eigenvalue weighted by Crippen LogP contribution is 2.27. The summed E-state index contributed by atoms with van der Waals surface area (Å²) in [5.74, 6) is 0.381. The molecular formula is C18H28N4O3. The van der Waals surface area contributed by atoms with Crippen LogP contribution in [-0.4, -0.2) is 78.4 Å². The molecule has 2 fully saturated rings. The zero-order chi connectivity index (χ0) is 18.0. The molecule has 0 aliphatic carbocycles. The zero-order valence-corrected chi connectivity index (χ0v) is 15.1. The monoisotopic (exact) mass is 348 g/mol. The second kappa shape index (κ2) is 7.17. The van der Waals surface area contributed by atoms with E-state index in [9.17, 15) is 9.59 Å². The van der Waals surface area contributed by atoms with Crippen LogP contribution in [0.1, 0.15) is 30.8 Å². The molecule has 2 aliphatic heterocycles. The van der Waals surface area contributed by atoms with Crippen molar-refractivity contribution in [1.82, 2.24) is 14.7 Å². The summed E-state index contributed by atoms with van der Waals surface area (Å²) in [5, 5.41) is 0. The Kier molecular flexibility index (Phi) is 5.15. The van der Waals surface area contributed by atoms with Gasteiger partial charge >= 0.3 is 0 Å². The molecule has 3 heterocycles. The molecule has 2 amide bonds. The van der Waals surface area contributed by atoms with Gasteiger partial charge in [-0.05, 0) is 24.0 Å². The lowest BCUT2D eigenvalue weighted by molar-refractivity contribution is -0.134. The summed E-state index contributed by atoms with van der Waals surface area (Å²) in [5.41, 5.74) is 6.20. The Balaban J connectivity index is 1.48. The van der Waals surface area contributed by atoms with E-state index in [1.54, 1.807) is 17.0 Å². The van der Waals surface area contributed by atoms with E-state index in [0.717, 1.165) is 19.5 Å². The van der Waals surface area contributed by atoms with E-state index in [1.807, 2.05) is 4.90 Å². The van der Waals surface area contributed by atoms with Gasteiger partial charge in [0.25, 0.3) is 5.91 Å². The van der Waals surface area contributed by atoms with Crippen molar-refractivity contribution in [2.45, 2.75) is 26.3 Å². The van der Waals surface area contributed by atoms with Crippen molar-refractivity contribution in [2.75, 3.05) is 45.8 Å². The van der Waals surface area contributed by atoms with Crippen molar-refractivity contribution in [1.29, 1.82) is 0 Å². The Morgan fingerprint density at radius 3 is 2.48 bits per heavy atom. The Labute approximate surface area is 148 Å². The molecule has 25 heavy (non-hydrogen) atoms. The van der Waals surface area contributed by atoms with Crippen LogP contribution in [0.5, 0.6) is 0 Å². The number of amides is 2. The van der Waals surface area contributed by atoms with Crippen LogP contribution in [-0.2, 0) is 4.79 Å². The molecule has 0 spiro atoms. The molecule has 3 rings (SSSR count). The van der Waals surface area contributed by atoms with Gasteiger partial charge in [0.2, 0.25) is 5.91 Å². The number of nitrogens with two attached hydrogens (primary N) is 1. The summed E-state index contributed by atoms with van der Waals surface area (Å²) in [6.07, 6.45) is 2.42. The molecule has 1 atom stereocenters. The molecule has 2 aliphatic rings. The standard InChI is InChI=1S/C18H28N4O3/c1-18(2)13-20(6-5-15(18)19)12-16(23)21-7-9-22(10-8-21)17(24)14-4-3-11-25-14/h3-4,11,15H,5-10,12-13,19H2,1-2H3. The van der Waals surface area contributed by atoms with Gasteiger partial charge in [0.05, 0.1) is 12.8 Å². The second-order valence-electron chi connectivity index (χ2n) is 7.74. The summed E-state index contributed by atoms with van der Waals surface area (Å²) in [4.78, 5) is 30.7. The first-order valence-corrected chi connectivity index (χ1v) is 8.95. The van der Waals surface area contributed by atoms with E-state index in [4.69, 9.17) is 10.2 Å². The minimum atomic E-state index is -0.108.